The van der Waals surface area contributed by atoms with E-state index in [2.05, 4.69) is 14.7 Å². The predicted octanol–water partition coefficient (Wildman–Crippen LogP) is 4.91. The molecule has 6 rings (SSSR count). The number of hydrogen-bond acceptors (Lipinski definition) is 7. The summed E-state index contributed by atoms with van der Waals surface area (Å²) < 4.78 is 29.2. The summed E-state index contributed by atoms with van der Waals surface area (Å²) in [6, 6.07) is 24.9. The molecule has 0 amide bonds. The number of imidazole rings is 1. The number of rotatable bonds is 6. The summed E-state index contributed by atoms with van der Waals surface area (Å²) in [6.45, 7) is 0. The number of hydrogen-bond donors (Lipinski definition) is 2. The van der Waals surface area contributed by atoms with E-state index >= 15 is 0 Å². The Balaban J connectivity index is 1.54. The Bertz CT molecular complexity index is 2070. The van der Waals surface area contributed by atoms with Gasteiger partial charge in [-0.1, -0.05) is 41.9 Å². The highest BCUT2D eigenvalue weighted by Gasteiger charge is 2.19. The van der Waals surface area contributed by atoms with Crippen LogP contribution in [0.5, 0.6) is 0 Å². The summed E-state index contributed by atoms with van der Waals surface area (Å²) >= 11 is 6.13. The Labute approximate surface area is 239 Å². The van der Waals surface area contributed by atoms with Gasteiger partial charge in [-0.3, -0.25) is 18.7 Å². The lowest BCUT2D eigenvalue weighted by molar-refractivity contribution is 0.607. The molecule has 12 heteroatoms. The first kappa shape index (κ1) is 26.2. The van der Waals surface area contributed by atoms with Crippen molar-refractivity contribution in [2.75, 3.05) is 16.7 Å². The van der Waals surface area contributed by atoms with Crippen LogP contribution in [0.15, 0.2) is 102 Å². The van der Waals surface area contributed by atoms with Crippen molar-refractivity contribution in [2.24, 2.45) is 0 Å². The topological polar surface area (TPSA) is 138 Å². The number of halogens is 1. The van der Waals surface area contributed by atoms with Crippen molar-refractivity contribution >= 4 is 44.3 Å². The second-order valence-corrected chi connectivity index (χ2v) is 11.5. The molecule has 41 heavy (non-hydrogen) atoms. The highest BCUT2D eigenvalue weighted by atomic mass is 35.5. The molecule has 3 heterocycles. The van der Waals surface area contributed by atoms with Gasteiger partial charge in [-0.15, -0.1) is 0 Å². The fourth-order valence-corrected chi connectivity index (χ4v) is 5.17. The first-order chi connectivity index (χ1) is 19.7. The van der Waals surface area contributed by atoms with Crippen molar-refractivity contribution in [3.63, 3.8) is 0 Å². The zero-order valence-corrected chi connectivity index (χ0v) is 23.1. The summed E-state index contributed by atoms with van der Waals surface area (Å²) in [5.74, 6) is 0.822. The largest absolute Gasteiger partial charge is 0.384 e. The van der Waals surface area contributed by atoms with E-state index < -0.39 is 10.0 Å². The normalized spacial score (nSPS) is 11.6. The summed E-state index contributed by atoms with van der Waals surface area (Å²) in [5.41, 5.74) is 9.84. The smallest absolute Gasteiger partial charge is 0.286 e. The number of benzene rings is 3. The van der Waals surface area contributed by atoms with Gasteiger partial charge in [0.05, 0.1) is 23.3 Å². The first-order valence-electron chi connectivity index (χ1n) is 12.3. The minimum Gasteiger partial charge on any atom is -0.384 e. The van der Waals surface area contributed by atoms with Crippen LogP contribution in [0.2, 0.25) is 5.02 Å². The van der Waals surface area contributed by atoms with Crippen LogP contribution in [0.3, 0.4) is 0 Å². The minimum atomic E-state index is -3.48. The minimum absolute atomic E-state index is 0.148. The molecule has 3 aromatic heterocycles. The lowest BCUT2D eigenvalue weighted by Gasteiger charge is -2.14. The monoisotopic (exact) mass is 583 g/mol. The number of nitrogens with zero attached hydrogens (tertiary/aromatic N) is 5. The predicted molar refractivity (Wildman–Crippen MR) is 161 cm³/mol. The van der Waals surface area contributed by atoms with E-state index in [0.717, 1.165) is 17.4 Å². The third-order valence-corrected chi connectivity index (χ3v) is 7.21. The molecule has 3 N–H and O–H groups in total. The molecule has 0 saturated heterocycles. The van der Waals surface area contributed by atoms with Crippen LogP contribution in [0.4, 0.5) is 11.5 Å². The fraction of sp³-hybridized carbons (Fsp3) is 0.0345. The Morgan fingerprint density at radius 2 is 1.56 bits per heavy atom. The second-order valence-electron chi connectivity index (χ2n) is 9.31. The van der Waals surface area contributed by atoms with Gasteiger partial charge in [0.25, 0.3) is 5.56 Å². The fourth-order valence-electron chi connectivity index (χ4n) is 4.49. The van der Waals surface area contributed by atoms with Gasteiger partial charge in [0.15, 0.2) is 11.2 Å². The lowest BCUT2D eigenvalue weighted by atomic mass is 10.1. The number of fused-ring (bicyclic) bond motifs is 1. The number of nitrogens with two attached hydrogens (primary N) is 1. The Morgan fingerprint density at radius 1 is 0.854 bits per heavy atom. The zero-order valence-electron chi connectivity index (χ0n) is 21.6. The second kappa shape index (κ2) is 10.2. The molecule has 10 nitrogen and oxygen atoms in total. The summed E-state index contributed by atoms with van der Waals surface area (Å²) in [6.07, 6.45) is 4.27. The molecule has 0 saturated carbocycles. The maximum absolute atomic E-state index is 13.9. The number of pyridine rings is 1. The van der Waals surface area contributed by atoms with Gasteiger partial charge < -0.3 is 5.73 Å². The van der Waals surface area contributed by atoms with Gasteiger partial charge in [-0.05, 0) is 60.2 Å². The van der Waals surface area contributed by atoms with Crippen LogP contribution in [0, 0.1) is 0 Å². The molecule has 0 unspecified atom stereocenters. The van der Waals surface area contributed by atoms with Gasteiger partial charge in [-0.25, -0.2) is 23.4 Å². The van der Waals surface area contributed by atoms with E-state index in [1.54, 1.807) is 65.4 Å². The molecule has 0 spiro atoms. The molecule has 0 atom stereocenters. The standard InChI is InChI=1S/C29H22ClN7O3S/c1-41(39,40)35-22-3-2-4-24(15-22)36-17-33-26-28(36)34-27(37(29(26)38)23-12-10-21(30)11-13-23)19-7-5-18(6-8-19)20-9-14-25(31)32-16-20/h2-17,35H,1H3,(H2,31,32). The molecule has 0 aliphatic heterocycles. The third kappa shape index (κ3) is 5.28. The van der Waals surface area contributed by atoms with Crippen LogP contribution in [-0.4, -0.2) is 38.8 Å². The van der Waals surface area contributed by atoms with E-state index in [9.17, 15) is 13.2 Å². The average Bonchev–Trinajstić information content (AvgIpc) is 3.38. The maximum Gasteiger partial charge on any atom is 0.286 e. The van der Waals surface area contributed by atoms with Crippen molar-refractivity contribution in [2.45, 2.75) is 0 Å². The molecule has 0 radical (unpaired) electrons. The van der Waals surface area contributed by atoms with E-state index in [1.165, 1.54) is 10.9 Å². The van der Waals surface area contributed by atoms with E-state index in [4.69, 9.17) is 22.3 Å². The van der Waals surface area contributed by atoms with Crippen LogP contribution in [0.1, 0.15) is 0 Å². The molecule has 0 aliphatic rings. The van der Waals surface area contributed by atoms with Gasteiger partial charge >= 0.3 is 0 Å². The molecule has 3 aromatic carbocycles. The van der Waals surface area contributed by atoms with Crippen molar-refractivity contribution in [1.29, 1.82) is 0 Å². The molecule has 0 aliphatic carbocycles. The summed E-state index contributed by atoms with van der Waals surface area (Å²) in [5, 5.41) is 0.533. The highest BCUT2D eigenvalue weighted by molar-refractivity contribution is 7.92. The molecular formula is C29H22ClN7O3S. The van der Waals surface area contributed by atoms with Gasteiger partial charge in [-0.2, -0.15) is 0 Å². The van der Waals surface area contributed by atoms with Crippen molar-refractivity contribution in [3.05, 3.63) is 113 Å². The summed E-state index contributed by atoms with van der Waals surface area (Å²) in [4.78, 5) is 27.4. The van der Waals surface area contributed by atoms with Crippen LogP contribution in [-0.2, 0) is 10.0 Å². The van der Waals surface area contributed by atoms with Gasteiger partial charge in [0.2, 0.25) is 10.0 Å². The number of aromatic nitrogens is 5. The number of nitrogens with one attached hydrogen (secondary N) is 1. The number of anilines is 2. The van der Waals surface area contributed by atoms with Crippen LogP contribution in [0.25, 0.3) is 45.1 Å². The number of sulfonamides is 1. The summed E-state index contributed by atoms with van der Waals surface area (Å²) in [7, 11) is -3.48. The van der Waals surface area contributed by atoms with E-state index in [-0.39, 0.29) is 11.1 Å². The van der Waals surface area contributed by atoms with Gasteiger partial charge in [0, 0.05) is 22.3 Å². The van der Waals surface area contributed by atoms with Crippen molar-refractivity contribution < 1.29 is 8.42 Å². The van der Waals surface area contributed by atoms with Crippen molar-refractivity contribution in [3.8, 4) is 33.9 Å². The SMILES string of the molecule is CS(=O)(=O)Nc1cccc(-n2cnc3c(=O)n(-c4ccc(Cl)cc4)c(-c4ccc(-c5ccc(N)nc5)cc4)nc32)c1. The maximum atomic E-state index is 13.9. The van der Waals surface area contributed by atoms with Crippen molar-refractivity contribution in [1.82, 2.24) is 24.1 Å². The Hall–Kier alpha value is -5.00. The Morgan fingerprint density at radius 3 is 2.24 bits per heavy atom. The van der Waals surface area contributed by atoms with Gasteiger partial charge in [0.1, 0.15) is 18.0 Å². The third-order valence-electron chi connectivity index (χ3n) is 6.35. The molecule has 204 valence electrons. The highest BCUT2D eigenvalue weighted by Crippen LogP contribution is 2.27. The molecule has 6 aromatic rings. The Kier molecular flexibility index (Phi) is 6.52. The average molecular weight is 584 g/mol. The molecular weight excluding hydrogens is 562 g/mol. The zero-order chi connectivity index (χ0) is 28.7. The first-order valence-corrected chi connectivity index (χ1v) is 14.6. The quantitative estimate of drug-likeness (QED) is 0.284. The van der Waals surface area contributed by atoms with E-state index in [0.29, 0.717) is 44.9 Å². The molecule has 0 fully saturated rings. The molecule has 0 bridgehead atoms. The van der Waals surface area contributed by atoms with Crippen LogP contribution >= 0.6 is 11.6 Å². The lowest BCUT2D eigenvalue weighted by Crippen LogP contribution is -2.22. The van der Waals surface area contributed by atoms with Crippen LogP contribution < -0.4 is 16.0 Å². The number of nitrogen functional groups attached to an aromatic ring is 1. The van der Waals surface area contributed by atoms with E-state index in [1.807, 2.05) is 30.3 Å².